The number of tetrazole rings is 1. The summed E-state index contributed by atoms with van der Waals surface area (Å²) < 4.78 is 2.85. The molecule has 10 heteroatoms. The summed E-state index contributed by atoms with van der Waals surface area (Å²) in [6.07, 6.45) is 3.10. The lowest BCUT2D eigenvalue weighted by molar-refractivity contribution is -0.117. The summed E-state index contributed by atoms with van der Waals surface area (Å²) in [6, 6.07) is 13.1. The maximum Gasteiger partial charge on any atom is 0.249 e. The molecule has 0 saturated heterocycles. The van der Waals surface area contributed by atoms with Crippen molar-refractivity contribution in [2.24, 2.45) is 0 Å². The molecule has 1 N–H and O–H groups in total. The van der Waals surface area contributed by atoms with Gasteiger partial charge in [-0.15, -0.1) is 10.2 Å². The van der Waals surface area contributed by atoms with Crippen molar-refractivity contribution in [3.8, 4) is 17.2 Å². The molecule has 0 spiro atoms. The van der Waals surface area contributed by atoms with Crippen LogP contribution >= 0.6 is 0 Å². The van der Waals surface area contributed by atoms with Crippen LogP contribution in [0.4, 0.5) is 5.95 Å². The fourth-order valence-electron chi connectivity index (χ4n) is 2.49. The van der Waals surface area contributed by atoms with Gasteiger partial charge < -0.3 is 0 Å². The van der Waals surface area contributed by atoms with Crippen LogP contribution in [-0.4, -0.2) is 40.7 Å². The highest BCUT2D eigenvalue weighted by atomic mass is 16.2. The Hall–Kier alpha value is -4.13. The summed E-state index contributed by atoms with van der Waals surface area (Å²) in [5.74, 6) is -0.169. The molecule has 3 aromatic heterocycles. The summed E-state index contributed by atoms with van der Waals surface area (Å²) in [5, 5.41) is 26.7. The number of amides is 1. The van der Waals surface area contributed by atoms with Gasteiger partial charge in [-0.1, -0.05) is 18.2 Å². The molecule has 4 rings (SSSR count). The molecular formula is C16H11N9O. The second kappa shape index (κ2) is 6.40. The van der Waals surface area contributed by atoms with Crippen LogP contribution in [0.5, 0.6) is 0 Å². The van der Waals surface area contributed by atoms with Gasteiger partial charge in [0.25, 0.3) is 0 Å². The van der Waals surface area contributed by atoms with Gasteiger partial charge in [0.1, 0.15) is 12.9 Å². The first kappa shape index (κ1) is 15.4. The normalized spacial score (nSPS) is 10.6. The van der Waals surface area contributed by atoms with Gasteiger partial charge in [-0.05, 0) is 28.6 Å². The zero-order valence-corrected chi connectivity index (χ0v) is 13.3. The number of fused-ring (bicyclic) bond motifs is 1. The van der Waals surface area contributed by atoms with Crippen LogP contribution in [0.25, 0.3) is 16.8 Å². The van der Waals surface area contributed by atoms with Gasteiger partial charge >= 0.3 is 0 Å². The second-order valence-corrected chi connectivity index (χ2v) is 5.37. The van der Waals surface area contributed by atoms with Crippen molar-refractivity contribution in [2.75, 3.05) is 5.32 Å². The maximum atomic E-state index is 12.0. The molecule has 0 unspecified atom stereocenters. The van der Waals surface area contributed by atoms with E-state index in [0.29, 0.717) is 11.2 Å². The van der Waals surface area contributed by atoms with E-state index >= 15 is 0 Å². The lowest BCUT2D eigenvalue weighted by Crippen LogP contribution is -2.19. The molecule has 10 nitrogen and oxygen atoms in total. The first-order valence-electron chi connectivity index (χ1n) is 7.59. The number of nitrogens with zero attached hydrogens (tertiary/aromatic N) is 8. The Labute approximate surface area is 146 Å². The van der Waals surface area contributed by atoms with E-state index in [4.69, 9.17) is 0 Å². The van der Waals surface area contributed by atoms with Crippen molar-refractivity contribution in [3.05, 3.63) is 54.5 Å². The molecular weight excluding hydrogens is 334 g/mol. The highest BCUT2D eigenvalue weighted by Gasteiger charge is 2.11. The Morgan fingerprint density at radius 2 is 2.12 bits per heavy atom. The van der Waals surface area contributed by atoms with E-state index in [1.54, 1.807) is 22.8 Å². The van der Waals surface area contributed by atoms with Crippen LogP contribution in [0.1, 0.15) is 5.56 Å². The molecule has 1 aromatic carbocycles. The quantitative estimate of drug-likeness (QED) is 0.582. The van der Waals surface area contributed by atoms with Gasteiger partial charge in [0.15, 0.2) is 5.65 Å². The zero-order valence-electron chi connectivity index (χ0n) is 13.3. The molecule has 26 heavy (non-hydrogen) atoms. The Bertz CT molecular complexity index is 1120. The topological polar surface area (TPSA) is 127 Å². The number of nitriles is 1. The summed E-state index contributed by atoms with van der Waals surface area (Å²) >= 11 is 0. The molecule has 0 fully saturated rings. The first-order chi connectivity index (χ1) is 12.7. The minimum absolute atomic E-state index is 0.0383. The minimum Gasteiger partial charge on any atom is -0.292 e. The standard InChI is InChI=1S/C16H11N9O/c17-7-11-3-1-2-4-13(11)12-5-6-14-19-16(21-25(14)8-12)20-15(26)9-24-10-18-22-23-24/h1-6,8,10H,9H2,(H,20,21,26). The molecule has 0 aliphatic rings. The zero-order chi connectivity index (χ0) is 17.9. The Kier molecular flexibility index (Phi) is 3.79. The van der Waals surface area contributed by atoms with E-state index < -0.39 is 0 Å². The van der Waals surface area contributed by atoms with Gasteiger partial charge in [0.2, 0.25) is 11.9 Å². The average molecular weight is 345 g/mol. The predicted octanol–water partition coefficient (Wildman–Crippen LogP) is 0.893. The predicted molar refractivity (Wildman–Crippen MR) is 89.6 cm³/mol. The largest absolute Gasteiger partial charge is 0.292 e. The number of nitrogens with one attached hydrogen (secondary N) is 1. The average Bonchev–Trinajstić information content (AvgIpc) is 3.29. The molecule has 126 valence electrons. The van der Waals surface area contributed by atoms with Crippen LogP contribution in [0.15, 0.2) is 48.9 Å². The highest BCUT2D eigenvalue weighted by Crippen LogP contribution is 2.23. The van der Waals surface area contributed by atoms with E-state index in [-0.39, 0.29) is 18.4 Å². The second-order valence-electron chi connectivity index (χ2n) is 5.37. The van der Waals surface area contributed by atoms with E-state index in [1.807, 2.05) is 24.3 Å². The molecule has 4 aromatic rings. The smallest absolute Gasteiger partial charge is 0.249 e. The van der Waals surface area contributed by atoms with Crippen LogP contribution in [-0.2, 0) is 11.3 Å². The van der Waals surface area contributed by atoms with Crippen molar-refractivity contribution in [2.45, 2.75) is 6.54 Å². The van der Waals surface area contributed by atoms with Gasteiger partial charge in [-0.3, -0.25) is 10.1 Å². The lowest BCUT2D eigenvalue weighted by atomic mass is 10.0. The maximum absolute atomic E-state index is 12.0. The molecule has 0 atom stereocenters. The molecule has 0 aliphatic carbocycles. The minimum atomic E-state index is -0.344. The molecule has 0 bridgehead atoms. The van der Waals surface area contributed by atoms with Gasteiger partial charge in [0, 0.05) is 17.3 Å². The number of carbonyl (C=O) groups excluding carboxylic acids is 1. The van der Waals surface area contributed by atoms with E-state index in [9.17, 15) is 10.1 Å². The van der Waals surface area contributed by atoms with Crippen molar-refractivity contribution in [3.63, 3.8) is 0 Å². The summed E-state index contributed by atoms with van der Waals surface area (Å²) in [7, 11) is 0. The molecule has 3 heterocycles. The summed E-state index contributed by atoms with van der Waals surface area (Å²) in [5.41, 5.74) is 2.77. The van der Waals surface area contributed by atoms with Gasteiger partial charge in [-0.2, -0.15) is 10.2 Å². The van der Waals surface area contributed by atoms with Crippen LogP contribution in [0.3, 0.4) is 0 Å². The molecule has 0 saturated carbocycles. The number of hydrogen-bond donors (Lipinski definition) is 1. The van der Waals surface area contributed by atoms with Crippen molar-refractivity contribution in [1.29, 1.82) is 5.26 Å². The number of hydrogen-bond acceptors (Lipinski definition) is 7. The van der Waals surface area contributed by atoms with Crippen molar-refractivity contribution >= 4 is 17.5 Å². The van der Waals surface area contributed by atoms with Crippen LogP contribution < -0.4 is 5.32 Å². The highest BCUT2D eigenvalue weighted by molar-refractivity contribution is 5.88. The van der Waals surface area contributed by atoms with E-state index in [0.717, 1.165) is 11.1 Å². The fraction of sp³-hybridized carbons (Fsp3) is 0.0625. The number of anilines is 1. The SMILES string of the molecule is N#Cc1ccccc1-c1ccc2nc(NC(=O)Cn3cnnn3)nn2c1. The van der Waals surface area contributed by atoms with Crippen molar-refractivity contribution in [1.82, 2.24) is 34.8 Å². The summed E-state index contributed by atoms with van der Waals surface area (Å²) in [6.45, 7) is -0.0383. The number of carbonyl (C=O) groups is 1. The first-order valence-corrected chi connectivity index (χ1v) is 7.59. The van der Waals surface area contributed by atoms with Gasteiger partial charge in [0.05, 0.1) is 11.6 Å². The van der Waals surface area contributed by atoms with Crippen molar-refractivity contribution < 1.29 is 4.79 Å². The lowest BCUT2D eigenvalue weighted by Gasteiger charge is -2.03. The number of benzene rings is 1. The third-order valence-corrected chi connectivity index (χ3v) is 3.64. The van der Waals surface area contributed by atoms with Crippen LogP contribution in [0.2, 0.25) is 0 Å². The molecule has 0 radical (unpaired) electrons. The third-order valence-electron chi connectivity index (χ3n) is 3.64. The Balaban J connectivity index is 1.60. The number of rotatable bonds is 4. The third kappa shape index (κ3) is 2.96. The Morgan fingerprint density at radius 3 is 2.92 bits per heavy atom. The fourth-order valence-corrected chi connectivity index (χ4v) is 2.49. The van der Waals surface area contributed by atoms with E-state index in [2.05, 4.69) is 37.0 Å². The van der Waals surface area contributed by atoms with Gasteiger partial charge in [-0.25, -0.2) is 9.20 Å². The number of aromatic nitrogens is 7. The molecule has 0 aliphatic heterocycles. The monoisotopic (exact) mass is 345 g/mol. The molecule has 1 amide bonds. The summed E-state index contributed by atoms with van der Waals surface area (Å²) in [4.78, 5) is 16.2. The van der Waals surface area contributed by atoms with Crippen LogP contribution in [0, 0.1) is 11.3 Å². The Morgan fingerprint density at radius 1 is 1.23 bits per heavy atom. The number of pyridine rings is 1. The van der Waals surface area contributed by atoms with E-state index in [1.165, 1.54) is 11.0 Å².